The van der Waals surface area contributed by atoms with E-state index in [9.17, 15) is 10.1 Å². The van der Waals surface area contributed by atoms with Crippen molar-refractivity contribution >= 4 is 50.3 Å². The molecule has 0 unspecified atom stereocenters. The van der Waals surface area contributed by atoms with Gasteiger partial charge in [-0.25, -0.2) is 0 Å². The van der Waals surface area contributed by atoms with Gasteiger partial charge in [-0.3, -0.25) is 16.0 Å². The Kier molecular flexibility index (Phi) is 4.43. The second-order valence-electron chi connectivity index (χ2n) is 3.85. The van der Waals surface area contributed by atoms with Crippen LogP contribution in [0.4, 0.5) is 22.7 Å². The quantitative estimate of drug-likeness (QED) is 0.436. The molecule has 0 saturated heterocycles. The molecule has 0 aliphatic carbocycles. The van der Waals surface area contributed by atoms with Crippen molar-refractivity contribution in [3.05, 3.63) is 56.0 Å². The number of nitro groups is 1. The average molecular weight is 358 g/mol. The third-order valence-electron chi connectivity index (χ3n) is 2.57. The molecule has 0 atom stereocenters. The second kappa shape index (κ2) is 6.08. The topological polar surface area (TPSA) is 93.2 Å². The van der Waals surface area contributed by atoms with Crippen LogP contribution in [0.15, 0.2) is 40.9 Å². The summed E-state index contributed by atoms with van der Waals surface area (Å²) in [5.74, 6) is 5.29. The van der Waals surface area contributed by atoms with Gasteiger partial charge in [-0.05, 0) is 30.3 Å². The van der Waals surface area contributed by atoms with Crippen molar-refractivity contribution in [2.45, 2.75) is 0 Å². The van der Waals surface area contributed by atoms with Crippen molar-refractivity contribution in [3.63, 3.8) is 0 Å². The monoisotopic (exact) mass is 356 g/mol. The first-order valence-electron chi connectivity index (χ1n) is 5.49. The molecule has 104 valence electrons. The maximum atomic E-state index is 11.2. The number of nitro benzene ring substituents is 1. The number of para-hydroxylation sites is 1. The number of nitrogens with two attached hydrogens (primary N) is 1. The van der Waals surface area contributed by atoms with E-state index in [1.54, 1.807) is 30.3 Å². The van der Waals surface area contributed by atoms with Gasteiger partial charge in [0, 0.05) is 4.47 Å². The summed E-state index contributed by atoms with van der Waals surface area (Å²) in [5.41, 5.74) is 3.22. The Labute approximate surface area is 128 Å². The highest BCUT2D eigenvalue weighted by atomic mass is 79.9. The van der Waals surface area contributed by atoms with Gasteiger partial charge < -0.3 is 10.7 Å². The van der Waals surface area contributed by atoms with Gasteiger partial charge in [0.25, 0.3) is 0 Å². The lowest BCUT2D eigenvalue weighted by molar-refractivity contribution is -0.383. The Hall–Kier alpha value is -1.83. The predicted molar refractivity (Wildman–Crippen MR) is 83.3 cm³/mol. The molecule has 0 fully saturated rings. The fourth-order valence-electron chi connectivity index (χ4n) is 1.70. The zero-order chi connectivity index (χ0) is 14.7. The van der Waals surface area contributed by atoms with E-state index >= 15 is 0 Å². The van der Waals surface area contributed by atoms with E-state index in [0.717, 1.165) is 4.47 Å². The molecule has 2 aromatic carbocycles. The van der Waals surface area contributed by atoms with E-state index in [4.69, 9.17) is 17.4 Å². The van der Waals surface area contributed by atoms with Crippen LogP contribution in [0.25, 0.3) is 0 Å². The summed E-state index contributed by atoms with van der Waals surface area (Å²) in [4.78, 5) is 10.7. The van der Waals surface area contributed by atoms with Crippen LogP contribution in [0, 0.1) is 10.1 Å². The average Bonchev–Trinajstić information content (AvgIpc) is 2.42. The summed E-state index contributed by atoms with van der Waals surface area (Å²) in [6.07, 6.45) is 0. The summed E-state index contributed by atoms with van der Waals surface area (Å²) in [5, 5.41) is 14.6. The lowest BCUT2D eigenvalue weighted by atomic mass is 10.2. The van der Waals surface area contributed by atoms with Gasteiger partial charge in [-0.1, -0.05) is 33.6 Å². The number of rotatable bonds is 4. The normalized spacial score (nSPS) is 10.2. The lowest BCUT2D eigenvalue weighted by Gasteiger charge is -2.11. The number of nitrogens with zero attached hydrogens (tertiary/aromatic N) is 1. The zero-order valence-electron chi connectivity index (χ0n) is 10.1. The van der Waals surface area contributed by atoms with Gasteiger partial charge in [0.1, 0.15) is 11.4 Å². The molecule has 0 aliphatic rings. The first kappa shape index (κ1) is 14.6. The first-order chi connectivity index (χ1) is 9.52. The van der Waals surface area contributed by atoms with Gasteiger partial charge in [0.15, 0.2) is 0 Å². The molecular weight excluding hydrogens is 348 g/mol. The van der Waals surface area contributed by atoms with Gasteiger partial charge in [-0.15, -0.1) is 0 Å². The number of benzene rings is 2. The van der Waals surface area contributed by atoms with Gasteiger partial charge in [-0.2, -0.15) is 0 Å². The molecule has 0 saturated carbocycles. The summed E-state index contributed by atoms with van der Waals surface area (Å²) < 4.78 is 0.806. The highest BCUT2D eigenvalue weighted by Crippen LogP contribution is 2.36. The standard InChI is InChI=1S/C12H10BrClN4O2/c13-7-4-5-8(14)11(6-7)16-9-2-1-3-10(17-15)12(9)18(19)20/h1-6,16-17H,15H2. The smallest absolute Gasteiger partial charge is 0.316 e. The summed E-state index contributed by atoms with van der Waals surface area (Å²) in [6, 6.07) is 9.94. The van der Waals surface area contributed by atoms with Crippen LogP contribution >= 0.6 is 27.5 Å². The molecule has 20 heavy (non-hydrogen) atoms. The number of nitrogens with one attached hydrogen (secondary N) is 2. The van der Waals surface area contributed by atoms with Crippen molar-refractivity contribution in [2.75, 3.05) is 10.7 Å². The molecule has 2 rings (SSSR count). The Morgan fingerprint density at radius 1 is 1.20 bits per heavy atom. The lowest BCUT2D eigenvalue weighted by Crippen LogP contribution is -2.10. The fraction of sp³-hybridized carbons (Fsp3) is 0. The number of hydrogen-bond acceptors (Lipinski definition) is 5. The van der Waals surface area contributed by atoms with Crippen molar-refractivity contribution < 1.29 is 4.92 Å². The maximum Gasteiger partial charge on any atom is 0.316 e. The maximum absolute atomic E-state index is 11.2. The van der Waals surface area contributed by atoms with Crippen LogP contribution < -0.4 is 16.6 Å². The largest absolute Gasteiger partial charge is 0.349 e. The van der Waals surface area contributed by atoms with Crippen molar-refractivity contribution in [1.29, 1.82) is 0 Å². The van der Waals surface area contributed by atoms with E-state index < -0.39 is 4.92 Å². The SMILES string of the molecule is NNc1cccc(Nc2cc(Br)ccc2Cl)c1[N+](=O)[O-]. The number of anilines is 3. The molecule has 6 nitrogen and oxygen atoms in total. The summed E-state index contributed by atoms with van der Waals surface area (Å²) in [7, 11) is 0. The van der Waals surface area contributed by atoms with Crippen molar-refractivity contribution in [1.82, 2.24) is 0 Å². The third-order valence-corrected chi connectivity index (χ3v) is 3.39. The fourth-order valence-corrected chi connectivity index (χ4v) is 2.22. The zero-order valence-corrected chi connectivity index (χ0v) is 12.4. The molecule has 0 aliphatic heterocycles. The molecule has 2 aromatic rings. The third kappa shape index (κ3) is 3.01. The molecule has 0 heterocycles. The van der Waals surface area contributed by atoms with E-state index in [1.165, 1.54) is 6.07 Å². The summed E-state index contributed by atoms with van der Waals surface area (Å²) in [6.45, 7) is 0. The van der Waals surface area contributed by atoms with E-state index in [1.807, 2.05) is 0 Å². The minimum atomic E-state index is -0.510. The van der Waals surface area contributed by atoms with E-state index in [2.05, 4.69) is 26.7 Å². The molecule has 0 bridgehead atoms. The molecule has 0 spiro atoms. The predicted octanol–water partition coefficient (Wildman–Crippen LogP) is 4.04. The van der Waals surface area contributed by atoms with Gasteiger partial charge >= 0.3 is 5.69 Å². The van der Waals surface area contributed by atoms with Gasteiger partial charge in [0.05, 0.1) is 15.6 Å². The number of nitrogen functional groups attached to an aromatic ring is 1. The molecular formula is C12H10BrClN4O2. The highest BCUT2D eigenvalue weighted by molar-refractivity contribution is 9.10. The number of hydrazine groups is 1. The Morgan fingerprint density at radius 2 is 1.90 bits per heavy atom. The summed E-state index contributed by atoms with van der Waals surface area (Å²) >= 11 is 9.38. The van der Waals surface area contributed by atoms with Crippen LogP contribution in [0.5, 0.6) is 0 Å². The van der Waals surface area contributed by atoms with Crippen LogP contribution in [0.1, 0.15) is 0 Å². The van der Waals surface area contributed by atoms with E-state index in [0.29, 0.717) is 16.4 Å². The highest BCUT2D eigenvalue weighted by Gasteiger charge is 2.19. The van der Waals surface area contributed by atoms with Crippen LogP contribution in [-0.4, -0.2) is 4.92 Å². The van der Waals surface area contributed by atoms with Crippen molar-refractivity contribution in [3.8, 4) is 0 Å². The Balaban J connectivity index is 2.48. The van der Waals surface area contributed by atoms with Crippen molar-refractivity contribution in [2.24, 2.45) is 5.84 Å². The molecule has 4 N–H and O–H groups in total. The molecule has 8 heteroatoms. The minimum Gasteiger partial charge on any atom is -0.349 e. The first-order valence-corrected chi connectivity index (χ1v) is 6.66. The number of hydrogen-bond donors (Lipinski definition) is 3. The van der Waals surface area contributed by atoms with Crippen LogP contribution in [-0.2, 0) is 0 Å². The molecule has 0 amide bonds. The Bertz CT molecular complexity index is 666. The second-order valence-corrected chi connectivity index (χ2v) is 5.18. The molecule has 0 aromatic heterocycles. The number of halogens is 2. The Morgan fingerprint density at radius 3 is 2.55 bits per heavy atom. The van der Waals surface area contributed by atoms with Crippen LogP contribution in [0.3, 0.4) is 0 Å². The molecule has 0 radical (unpaired) electrons. The van der Waals surface area contributed by atoms with E-state index in [-0.39, 0.29) is 11.4 Å². The van der Waals surface area contributed by atoms with Gasteiger partial charge in [0.2, 0.25) is 0 Å². The van der Waals surface area contributed by atoms with Crippen LogP contribution in [0.2, 0.25) is 5.02 Å². The minimum absolute atomic E-state index is 0.147.